The highest BCUT2D eigenvalue weighted by molar-refractivity contribution is 9.10. The van der Waals surface area contributed by atoms with Gasteiger partial charge in [-0.3, -0.25) is 9.69 Å². The summed E-state index contributed by atoms with van der Waals surface area (Å²) in [6.07, 6.45) is 0. The van der Waals surface area contributed by atoms with Crippen molar-refractivity contribution >= 4 is 32.9 Å². The molecule has 0 radical (unpaired) electrons. The van der Waals surface area contributed by atoms with Gasteiger partial charge in [0.15, 0.2) is 0 Å². The number of fused-ring (bicyclic) bond motifs is 1. The van der Waals surface area contributed by atoms with Crippen LogP contribution >= 0.6 is 15.9 Å². The Bertz CT molecular complexity index is 579. The Morgan fingerprint density at radius 3 is 2.89 bits per heavy atom. The summed E-state index contributed by atoms with van der Waals surface area (Å²) in [7, 11) is 1.77. The molecular weight excluding hydrogens is 298 g/mol. The van der Waals surface area contributed by atoms with E-state index < -0.39 is 5.97 Å². The summed E-state index contributed by atoms with van der Waals surface area (Å²) in [5.74, 6) is -0.0740. The van der Waals surface area contributed by atoms with Crippen LogP contribution in [0.1, 0.15) is 18.7 Å². The Morgan fingerprint density at radius 1 is 1.50 bits per heavy atom. The average molecular weight is 312 g/mol. The Kier molecular flexibility index (Phi) is 3.73. The van der Waals surface area contributed by atoms with Crippen LogP contribution in [-0.4, -0.2) is 29.6 Å². The summed E-state index contributed by atoms with van der Waals surface area (Å²) >= 11 is 3.41. The summed E-state index contributed by atoms with van der Waals surface area (Å²) in [5, 5.41) is 9.79. The van der Waals surface area contributed by atoms with Crippen LogP contribution < -0.4 is 0 Å². The number of aliphatic carboxylic acids is 1. The zero-order valence-corrected chi connectivity index (χ0v) is 11.8. The molecule has 1 heterocycles. The predicted molar refractivity (Wildman–Crippen MR) is 72.6 cm³/mol. The van der Waals surface area contributed by atoms with Gasteiger partial charge in [0.1, 0.15) is 11.3 Å². The minimum Gasteiger partial charge on any atom is -0.480 e. The molecule has 0 aliphatic carbocycles. The van der Waals surface area contributed by atoms with E-state index in [1.165, 1.54) is 0 Å². The summed E-state index contributed by atoms with van der Waals surface area (Å²) < 4.78 is 6.73. The van der Waals surface area contributed by atoms with E-state index in [2.05, 4.69) is 15.9 Å². The quantitative estimate of drug-likeness (QED) is 0.941. The highest BCUT2D eigenvalue weighted by atomic mass is 79.9. The van der Waals surface area contributed by atoms with E-state index in [0.717, 1.165) is 21.2 Å². The monoisotopic (exact) mass is 311 g/mol. The van der Waals surface area contributed by atoms with Crippen LogP contribution in [0.4, 0.5) is 0 Å². The molecule has 0 spiro atoms. The standard InChI is InChI=1S/C13H14BrNO3/c1-8(15(2)7-13(16)17)12-6-9-5-10(14)3-4-11(9)18-12/h3-6,8H,7H2,1-2H3,(H,16,17). The number of carboxylic acid groups (broad SMARTS) is 1. The lowest BCUT2D eigenvalue weighted by Gasteiger charge is -2.20. The average Bonchev–Trinajstić information content (AvgIpc) is 2.69. The SMILES string of the molecule is CC(c1cc2cc(Br)ccc2o1)N(C)CC(=O)O. The second-order valence-corrected chi connectivity index (χ2v) is 5.23. The molecule has 1 aromatic heterocycles. The van der Waals surface area contributed by atoms with Gasteiger partial charge in [0, 0.05) is 9.86 Å². The normalized spacial score (nSPS) is 13.1. The summed E-state index contributed by atoms with van der Waals surface area (Å²) in [5.41, 5.74) is 0.809. The molecule has 0 saturated heterocycles. The number of nitrogens with zero attached hydrogens (tertiary/aromatic N) is 1. The molecule has 1 unspecified atom stereocenters. The van der Waals surface area contributed by atoms with E-state index in [0.29, 0.717) is 0 Å². The van der Waals surface area contributed by atoms with Crippen LogP contribution in [0.2, 0.25) is 0 Å². The Balaban J connectivity index is 2.27. The molecule has 0 saturated carbocycles. The first-order valence-corrected chi connectivity index (χ1v) is 6.37. The summed E-state index contributed by atoms with van der Waals surface area (Å²) in [6.45, 7) is 1.91. The van der Waals surface area contributed by atoms with Gasteiger partial charge in [-0.05, 0) is 38.2 Å². The van der Waals surface area contributed by atoms with Gasteiger partial charge in [-0.2, -0.15) is 0 Å². The largest absolute Gasteiger partial charge is 0.480 e. The number of hydrogen-bond acceptors (Lipinski definition) is 3. The zero-order valence-electron chi connectivity index (χ0n) is 10.2. The molecule has 18 heavy (non-hydrogen) atoms. The first kappa shape index (κ1) is 13.1. The van der Waals surface area contributed by atoms with E-state index in [4.69, 9.17) is 9.52 Å². The number of likely N-dealkylation sites (N-methyl/N-ethyl adjacent to an activating group) is 1. The van der Waals surface area contributed by atoms with E-state index in [9.17, 15) is 4.79 Å². The molecular formula is C13H14BrNO3. The van der Waals surface area contributed by atoms with Gasteiger partial charge < -0.3 is 9.52 Å². The van der Waals surface area contributed by atoms with E-state index in [1.807, 2.05) is 31.2 Å². The van der Waals surface area contributed by atoms with Crippen LogP contribution in [0.3, 0.4) is 0 Å². The van der Waals surface area contributed by atoms with Gasteiger partial charge in [-0.15, -0.1) is 0 Å². The highest BCUT2D eigenvalue weighted by Gasteiger charge is 2.18. The van der Waals surface area contributed by atoms with Gasteiger partial charge in [-0.25, -0.2) is 0 Å². The molecule has 0 bridgehead atoms. The number of halogens is 1. The lowest BCUT2D eigenvalue weighted by molar-refractivity contribution is -0.138. The molecule has 2 aromatic rings. The number of carboxylic acids is 1. The zero-order chi connectivity index (χ0) is 13.3. The molecule has 0 amide bonds. The van der Waals surface area contributed by atoms with Gasteiger partial charge in [0.05, 0.1) is 12.6 Å². The maximum absolute atomic E-state index is 10.7. The minimum atomic E-state index is -0.844. The van der Waals surface area contributed by atoms with E-state index >= 15 is 0 Å². The van der Waals surface area contributed by atoms with Crippen molar-refractivity contribution in [2.24, 2.45) is 0 Å². The van der Waals surface area contributed by atoms with Gasteiger partial charge in [-0.1, -0.05) is 15.9 Å². The minimum absolute atomic E-state index is 0.0120. The number of rotatable bonds is 4. The molecule has 1 atom stereocenters. The molecule has 1 N–H and O–H groups in total. The van der Waals surface area contributed by atoms with Crippen molar-refractivity contribution in [3.63, 3.8) is 0 Å². The molecule has 4 nitrogen and oxygen atoms in total. The van der Waals surface area contributed by atoms with Crippen molar-refractivity contribution in [2.75, 3.05) is 13.6 Å². The molecule has 1 aromatic carbocycles. The third kappa shape index (κ3) is 2.73. The van der Waals surface area contributed by atoms with Crippen LogP contribution in [0.5, 0.6) is 0 Å². The molecule has 5 heteroatoms. The van der Waals surface area contributed by atoms with Crippen molar-refractivity contribution in [3.05, 3.63) is 34.5 Å². The van der Waals surface area contributed by atoms with Crippen molar-refractivity contribution in [1.29, 1.82) is 0 Å². The molecule has 96 valence electrons. The Morgan fingerprint density at radius 2 is 2.22 bits per heavy atom. The van der Waals surface area contributed by atoms with Crippen molar-refractivity contribution < 1.29 is 14.3 Å². The second-order valence-electron chi connectivity index (χ2n) is 4.32. The van der Waals surface area contributed by atoms with Crippen molar-refractivity contribution in [3.8, 4) is 0 Å². The molecule has 2 rings (SSSR count). The molecule has 0 aliphatic rings. The van der Waals surface area contributed by atoms with Crippen LogP contribution in [0.25, 0.3) is 11.0 Å². The lowest BCUT2D eigenvalue weighted by atomic mass is 10.2. The maximum Gasteiger partial charge on any atom is 0.317 e. The third-order valence-corrected chi connectivity index (χ3v) is 3.45. The maximum atomic E-state index is 10.7. The predicted octanol–water partition coefficient (Wildman–Crippen LogP) is 3.27. The van der Waals surface area contributed by atoms with Crippen LogP contribution in [-0.2, 0) is 4.79 Å². The first-order valence-electron chi connectivity index (χ1n) is 5.58. The lowest BCUT2D eigenvalue weighted by Crippen LogP contribution is -2.28. The van der Waals surface area contributed by atoms with E-state index in [-0.39, 0.29) is 12.6 Å². The fraction of sp³-hybridized carbons (Fsp3) is 0.308. The number of hydrogen-bond donors (Lipinski definition) is 1. The van der Waals surface area contributed by atoms with Gasteiger partial charge in [0.25, 0.3) is 0 Å². The number of benzene rings is 1. The summed E-state index contributed by atoms with van der Waals surface area (Å²) in [4.78, 5) is 12.4. The van der Waals surface area contributed by atoms with Crippen LogP contribution in [0, 0.1) is 0 Å². The highest BCUT2D eigenvalue weighted by Crippen LogP contribution is 2.28. The fourth-order valence-electron chi connectivity index (χ4n) is 1.81. The Labute approximate surface area is 113 Å². The van der Waals surface area contributed by atoms with Crippen LogP contribution in [0.15, 0.2) is 33.2 Å². The second kappa shape index (κ2) is 5.12. The van der Waals surface area contributed by atoms with E-state index in [1.54, 1.807) is 11.9 Å². The van der Waals surface area contributed by atoms with Crippen molar-refractivity contribution in [1.82, 2.24) is 4.90 Å². The van der Waals surface area contributed by atoms with Crippen molar-refractivity contribution in [2.45, 2.75) is 13.0 Å². The van der Waals surface area contributed by atoms with Gasteiger partial charge in [0.2, 0.25) is 0 Å². The number of carbonyl (C=O) groups is 1. The summed E-state index contributed by atoms with van der Waals surface area (Å²) in [6, 6.07) is 7.66. The molecule has 0 fully saturated rings. The Hall–Kier alpha value is -1.33. The third-order valence-electron chi connectivity index (χ3n) is 2.95. The number of furan rings is 1. The smallest absolute Gasteiger partial charge is 0.317 e. The fourth-order valence-corrected chi connectivity index (χ4v) is 2.19. The topological polar surface area (TPSA) is 53.7 Å². The molecule has 0 aliphatic heterocycles. The first-order chi connectivity index (χ1) is 8.47. The van der Waals surface area contributed by atoms with Gasteiger partial charge >= 0.3 is 5.97 Å².